The zero-order valence-corrected chi connectivity index (χ0v) is 16.4. The van der Waals surface area contributed by atoms with Crippen LogP contribution in [0.3, 0.4) is 0 Å². The summed E-state index contributed by atoms with van der Waals surface area (Å²) in [6.45, 7) is 0. The Balaban J connectivity index is 1.39. The van der Waals surface area contributed by atoms with Gasteiger partial charge in [-0.05, 0) is 48.0 Å². The van der Waals surface area contributed by atoms with Crippen LogP contribution in [-0.4, -0.2) is 23.9 Å². The molecule has 4 aromatic rings. The maximum Gasteiger partial charge on any atom is 0.255 e. The van der Waals surface area contributed by atoms with Crippen LogP contribution >= 0.6 is 0 Å². The van der Waals surface area contributed by atoms with Crippen molar-refractivity contribution in [1.82, 2.24) is 4.98 Å². The number of amides is 2. The number of benzene rings is 3. The van der Waals surface area contributed by atoms with Gasteiger partial charge >= 0.3 is 0 Å². The number of carbonyl (C=O) groups excluding carboxylic acids is 2. The third-order valence-corrected chi connectivity index (χ3v) is 4.81. The fourth-order valence-electron chi connectivity index (χ4n) is 3.30. The van der Waals surface area contributed by atoms with E-state index < -0.39 is 0 Å². The number of anilines is 2. The Hall–Kier alpha value is -4.06. The quantitative estimate of drug-likeness (QED) is 0.443. The highest BCUT2D eigenvalue weighted by atomic mass is 16.5. The minimum absolute atomic E-state index is 0.119. The molecule has 6 heteroatoms. The number of methoxy groups -OCH3 is 1. The van der Waals surface area contributed by atoms with Gasteiger partial charge in [0.05, 0.1) is 19.2 Å². The van der Waals surface area contributed by atoms with Crippen molar-refractivity contribution >= 4 is 34.1 Å². The van der Waals surface area contributed by atoms with Gasteiger partial charge in [0.15, 0.2) is 0 Å². The molecule has 1 aromatic heterocycles. The number of hydrogen-bond acceptors (Lipinski definition) is 3. The predicted octanol–water partition coefficient (Wildman–Crippen LogP) is 4.61. The van der Waals surface area contributed by atoms with Crippen LogP contribution in [0.25, 0.3) is 10.9 Å². The van der Waals surface area contributed by atoms with E-state index in [1.807, 2.05) is 42.6 Å². The van der Waals surface area contributed by atoms with E-state index in [1.54, 1.807) is 43.5 Å². The van der Waals surface area contributed by atoms with Gasteiger partial charge in [-0.1, -0.05) is 30.3 Å². The molecule has 0 spiro atoms. The van der Waals surface area contributed by atoms with Crippen molar-refractivity contribution in [2.75, 3.05) is 17.7 Å². The van der Waals surface area contributed by atoms with Gasteiger partial charge in [-0.3, -0.25) is 9.59 Å². The Bertz CT molecular complexity index is 1200. The fourth-order valence-corrected chi connectivity index (χ4v) is 3.30. The molecule has 0 radical (unpaired) electrons. The highest BCUT2D eigenvalue weighted by Crippen LogP contribution is 2.24. The van der Waals surface area contributed by atoms with E-state index in [9.17, 15) is 9.59 Å². The number of aromatic amines is 1. The Morgan fingerprint density at radius 3 is 2.43 bits per heavy atom. The first kappa shape index (κ1) is 19.3. The molecule has 3 aromatic carbocycles. The average Bonchev–Trinajstić information content (AvgIpc) is 3.17. The second-order valence-corrected chi connectivity index (χ2v) is 6.82. The molecule has 0 aliphatic carbocycles. The summed E-state index contributed by atoms with van der Waals surface area (Å²) in [6.07, 6.45) is 2.12. The minimum Gasteiger partial charge on any atom is -0.495 e. The van der Waals surface area contributed by atoms with E-state index >= 15 is 0 Å². The second-order valence-electron chi connectivity index (χ2n) is 6.82. The van der Waals surface area contributed by atoms with E-state index in [-0.39, 0.29) is 18.2 Å². The smallest absolute Gasteiger partial charge is 0.255 e. The third kappa shape index (κ3) is 4.17. The molecule has 30 heavy (non-hydrogen) atoms. The maximum absolute atomic E-state index is 12.5. The topological polar surface area (TPSA) is 83.2 Å². The van der Waals surface area contributed by atoms with Gasteiger partial charge in [0.1, 0.15) is 5.75 Å². The van der Waals surface area contributed by atoms with Gasteiger partial charge in [-0.15, -0.1) is 0 Å². The highest BCUT2D eigenvalue weighted by Gasteiger charge is 2.11. The summed E-state index contributed by atoms with van der Waals surface area (Å²) >= 11 is 0. The summed E-state index contributed by atoms with van der Waals surface area (Å²) in [4.78, 5) is 28.1. The SMILES string of the molecule is COc1ccccc1NC(=O)c1ccc(NC(=O)Cc2c[nH]c3ccccc23)cc1. The summed E-state index contributed by atoms with van der Waals surface area (Å²) < 4.78 is 5.25. The molecule has 4 rings (SSSR count). The van der Waals surface area contributed by atoms with Gasteiger partial charge in [0, 0.05) is 28.4 Å². The van der Waals surface area contributed by atoms with Crippen LogP contribution in [-0.2, 0) is 11.2 Å². The van der Waals surface area contributed by atoms with Crippen LogP contribution in [0.15, 0.2) is 79.0 Å². The number of hydrogen-bond donors (Lipinski definition) is 3. The number of aromatic nitrogens is 1. The molecule has 150 valence electrons. The maximum atomic E-state index is 12.5. The number of ether oxygens (including phenoxy) is 1. The van der Waals surface area contributed by atoms with Crippen molar-refractivity contribution in [2.45, 2.75) is 6.42 Å². The lowest BCUT2D eigenvalue weighted by Gasteiger charge is -2.10. The van der Waals surface area contributed by atoms with Gasteiger partial charge in [0.25, 0.3) is 5.91 Å². The Morgan fingerprint density at radius 1 is 0.900 bits per heavy atom. The molecule has 0 aliphatic heterocycles. The Kier molecular flexibility index (Phi) is 5.48. The summed E-state index contributed by atoms with van der Waals surface area (Å²) in [5, 5.41) is 6.74. The van der Waals surface area contributed by atoms with Gasteiger partial charge < -0.3 is 20.4 Å². The van der Waals surface area contributed by atoms with Crippen molar-refractivity contribution in [3.8, 4) is 5.75 Å². The molecular formula is C24H21N3O3. The third-order valence-electron chi connectivity index (χ3n) is 4.81. The molecule has 6 nitrogen and oxygen atoms in total. The lowest BCUT2D eigenvalue weighted by Crippen LogP contribution is -2.15. The average molecular weight is 399 g/mol. The predicted molar refractivity (Wildman–Crippen MR) is 118 cm³/mol. The molecular weight excluding hydrogens is 378 g/mol. The number of H-pyrrole nitrogens is 1. The number of fused-ring (bicyclic) bond motifs is 1. The Labute approximate surface area is 173 Å². The van der Waals surface area contributed by atoms with Crippen molar-refractivity contribution in [3.63, 3.8) is 0 Å². The van der Waals surface area contributed by atoms with Crippen molar-refractivity contribution in [3.05, 3.63) is 90.1 Å². The van der Waals surface area contributed by atoms with E-state index in [0.717, 1.165) is 16.5 Å². The van der Waals surface area contributed by atoms with Crippen molar-refractivity contribution in [2.24, 2.45) is 0 Å². The first-order chi connectivity index (χ1) is 14.6. The standard InChI is InChI=1S/C24H21N3O3/c1-30-22-9-5-4-8-21(22)27-24(29)16-10-12-18(13-11-16)26-23(28)14-17-15-25-20-7-3-2-6-19(17)20/h2-13,15,25H,14H2,1H3,(H,26,28)(H,27,29). The fraction of sp³-hybridized carbons (Fsp3) is 0.0833. The van der Waals surface area contributed by atoms with Crippen molar-refractivity contribution < 1.29 is 14.3 Å². The molecule has 0 aliphatic rings. The van der Waals surface area contributed by atoms with Crippen molar-refractivity contribution in [1.29, 1.82) is 0 Å². The zero-order chi connectivity index (χ0) is 20.9. The number of para-hydroxylation sites is 3. The molecule has 0 saturated carbocycles. The highest BCUT2D eigenvalue weighted by molar-refractivity contribution is 6.05. The first-order valence-electron chi connectivity index (χ1n) is 9.53. The van der Waals surface area contributed by atoms with Crippen LogP contribution in [0.4, 0.5) is 11.4 Å². The molecule has 1 heterocycles. The van der Waals surface area contributed by atoms with E-state index in [4.69, 9.17) is 4.74 Å². The van der Waals surface area contributed by atoms with Gasteiger partial charge in [-0.25, -0.2) is 0 Å². The van der Waals surface area contributed by atoms with Gasteiger partial charge in [-0.2, -0.15) is 0 Å². The van der Waals surface area contributed by atoms with Crippen LogP contribution in [0.2, 0.25) is 0 Å². The van der Waals surface area contributed by atoms with Crippen LogP contribution in [0.5, 0.6) is 5.75 Å². The number of carbonyl (C=O) groups is 2. The lowest BCUT2D eigenvalue weighted by atomic mass is 10.1. The zero-order valence-electron chi connectivity index (χ0n) is 16.4. The lowest BCUT2D eigenvalue weighted by molar-refractivity contribution is -0.115. The summed E-state index contributed by atoms with van der Waals surface area (Å²) in [7, 11) is 1.55. The molecule has 0 atom stereocenters. The van der Waals surface area contributed by atoms with Gasteiger partial charge in [0.2, 0.25) is 5.91 Å². The molecule has 2 amide bonds. The number of rotatable bonds is 6. The largest absolute Gasteiger partial charge is 0.495 e. The van der Waals surface area contributed by atoms with Crippen LogP contribution < -0.4 is 15.4 Å². The Morgan fingerprint density at radius 2 is 1.63 bits per heavy atom. The number of nitrogens with one attached hydrogen (secondary N) is 3. The van der Waals surface area contributed by atoms with E-state index in [0.29, 0.717) is 22.7 Å². The summed E-state index contributed by atoms with van der Waals surface area (Å²) in [5.74, 6) is 0.217. The molecule has 0 unspecified atom stereocenters. The summed E-state index contributed by atoms with van der Waals surface area (Å²) in [5.41, 5.74) is 3.66. The summed E-state index contributed by atoms with van der Waals surface area (Å²) in [6, 6.07) is 21.9. The molecule has 0 bridgehead atoms. The minimum atomic E-state index is -0.254. The molecule has 0 saturated heterocycles. The first-order valence-corrected chi connectivity index (χ1v) is 9.53. The van der Waals surface area contributed by atoms with E-state index in [1.165, 1.54) is 0 Å². The van der Waals surface area contributed by atoms with Crippen LogP contribution in [0.1, 0.15) is 15.9 Å². The monoisotopic (exact) mass is 399 g/mol. The molecule has 3 N–H and O–H groups in total. The van der Waals surface area contributed by atoms with E-state index in [2.05, 4.69) is 15.6 Å². The second kappa shape index (κ2) is 8.53. The normalized spacial score (nSPS) is 10.6. The molecule has 0 fully saturated rings. The van der Waals surface area contributed by atoms with Crippen LogP contribution in [0, 0.1) is 0 Å².